The molecule has 0 unspecified atom stereocenters. The van der Waals surface area contributed by atoms with Crippen LogP contribution in [-0.2, 0) is 11.2 Å². The fraction of sp³-hybridized carbons (Fsp3) is 0.643. The highest BCUT2D eigenvalue weighted by molar-refractivity contribution is 7.09. The van der Waals surface area contributed by atoms with E-state index >= 15 is 0 Å². The Morgan fingerprint density at radius 2 is 2.05 bits per heavy atom. The number of halogens is 1. The molecule has 1 amide bonds. The Balaban J connectivity index is 0.00000324. The van der Waals surface area contributed by atoms with Crippen molar-refractivity contribution in [2.75, 3.05) is 20.1 Å². The molecule has 0 atom stereocenters. The molecule has 2 N–H and O–H groups in total. The molecule has 19 heavy (non-hydrogen) atoms. The zero-order chi connectivity index (χ0) is 13.6. The van der Waals surface area contributed by atoms with E-state index in [-0.39, 0.29) is 23.7 Å². The molecule has 0 saturated carbocycles. The zero-order valence-corrected chi connectivity index (χ0v) is 13.6. The molecule has 1 rings (SSSR count). The Kier molecular flexibility index (Phi) is 8.30. The van der Waals surface area contributed by atoms with E-state index in [1.54, 1.807) is 11.3 Å². The monoisotopic (exact) mass is 304 g/mol. The lowest BCUT2D eigenvalue weighted by molar-refractivity contribution is -0.140. The van der Waals surface area contributed by atoms with Crippen molar-refractivity contribution in [2.24, 2.45) is 11.1 Å². The van der Waals surface area contributed by atoms with Gasteiger partial charge in [0.15, 0.2) is 0 Å². The predicted molar refractivity (Wildman–Crippen MR) is 85.0 cm³/mol. The van der Waals surface area contributed by atoms with E-state index in [2.05, 4.69) is 11.4 Å². The number of carbonyl (C=O) groups excluding carboxylic acids is 1. The summed E-state index contributed by atoms with van der Waals surface area (Å²) in [6.45, 7) is 5.28. The maximum Gasteiger partial charge on any atom is 0.229 e. The van der Waals surface area contributed by atoms with Crippen molar-refractivity contribution < 1.29 is 4.79 Å². The van der Waals surface area contributed by atoms with Crippen LogP contribution in [-0.4, -0.2) is 30.9 Å². The number of rotatable bonds is 7. The van der Waals surface area contributed by atoms with E-state index in [0.29, 0.717) is 6.54 Å². The van der Waals surface area contributed by atoms with Gasteiger partial charge in [0, 0.05) is 25.0 Å². The Labute approximate surface area is 126 Å². The van der Waals surface area contributed by atoms with Crippen LogP contribution >= 0.6 is 23.7 Å². The highest BCUT2D eigenvalue weighted by atomic mass is 35.5. The molecule has 110 valence electrons. The van der Waals surface area contributed by atoms with Gasteiger partial charge in [0.1, 0.15) is 0 Å². The number of nitrogens with zero attached hydrogens (tertiary/aromatic N) is 1. The summed E-state index contributed by atoms with van der Waals surface area (Å²) in [5, 5.41) is 2.07. The highest BCUT2D eigenvalue weighted by Gasteiger charge is 2.35. The number of amides is 1. The van der Waals surface area contributed by atoms with Gasteiger partial charge >= 0.3 is 0 Å². The van der Waals surface area contributed by atoms with Crippen molar-refractivity contribution in [1.29, 1.82) is 0 Å². The van der Waals surface area contributed by atoms with Crippen molar-refractivity contribution in [3.63, 3.8) is 0 Å². The van der Waals surface area contributed by atoms with Crippen LogP contribution < -0.4 is 5.73 Å². The summed E-state index contributed by atoms with van der Waals surface area (Å²) in [6, 6.07) is 4.16. The second kappa shape index (κ2) is 8.56. The fourth-order valence-electron chi connectivity index (χ4n) is 2.17. The van der Waals surface area contributed by atoms with E-state index in [1.165, 1.54) is 4.88 Å². The van der Waals surface area contributed by atoms with Crippen LogP contribution in [0.15, 0.2) is 17.5 Å². The second-order valence-electron chi connectivity index (χ2n) is 4.75. The molecule has 0 fully saturated rings. The van der Waals surface area contributed by atoms with Crippen LogP contribution in [0.3, 0.4) is 0 Å². The van der Waals surface area contributed by atoms with Gasteiger partial charge in [-0.15, -0.1) is 23.7 Å². The lowest BCUT2D eigenvalue weighted by atomic mass is 9.81. The van der Waals surface area contributed by atoms with E-state index in [4.69, 9.17) is 5.73 Å². The molecule has 0 saturated heterocycles. The van der Waals surface area contributed by atoms with Crippen molar-refractivity contribution in [3.05, 3.63) is 22.4 Å². The van der Waals surface area contributed by atoms with Gasteiger partial charge in [0.05, 0.1) is 5.41 Å². The Morgan fingerprint density at radius 1 is 1.42 bits per heavy atom. The number of nitrogens with two attached hydrogens (primary N) is 1. The summed E-state index contributed by atoms with van der Waals surface area (Å²) >= 11 is 1.74. The Bertz CT molecular complexity index is 355. The third-order valence-electron chi connectivity index (χ3n) is 3.82. The molecule has 0 radical (unpaired) electrons. The highest BCUT2D eigenvalue weighted by Crippen LogP contribution is 2.27. The topological polar surface area (TPSA) is 46.3 Å². The minimum absolute atomic E-state index is 0. The van der Waals surface area contributed by atoms with Gasteiger partial charge < -0.3 is 10.6 Å². The molecular formula is C14H25ClN2OS. The third-order valence-corrected chi connectivity index (χ3v) is 4.75. The second-order valence-corrected chi connectivity index (χ2v) is 5.78. The average Bonchev–Trinajstić information content (AvgIpc) is 2.91. The minimum Gasteiger partial charge on any atom is -0.345 e. The average molecular weight is 305 g/mol. The molecule has 0 aromatic carbocycles. The summed E-state index contributed by atoms with van der Waals surface area (Å²) < 4.78 is 0. The van der Waals surface area contributed by atoms with Gasteiger partial charge in [-0.2, -0.15) is 0 Å². The summed E-state index contributed by atoms with van der Waals surface area (Å²) in [7, 11) is 1.88. The summed E-state index contributed by atoms with van der Waals surface area (Å²) in [5.41, 5.74) is 5.44. The lowest BCUT2D eigenvalue weighted by Gasteiger charge is -2.33. The first kappa shape index (κ1) is 18.4. The van der Waals surface area contributed by atoms with E-state index in [9.17, 15) is 4.79 Å². The number of hydrogen-bond donors (Lipinski definition) is 1. The minimum atomic E-state index is -0.371. The third kappa shape index (κ3) is 4.48. The maximum absolute atomic E-state index is 12.5. The smallest absolute Gasteiger partial charge is 0.229 e. The lowest BCUT2D eigenvalue weighted by Crippen LogP contribution is -2.46. The van der Waals surface area contributed by atoms with Crippen molar-refractivity contribution in [3.8, 4) is 0 Å². The quantitative estimate of drug-likeness (QED) is 0.842. The molecule has 0 aliphatic carbocycles. The fourth-order valence-corrected chi connectivity index (χ4v) is 2.87. The van der Waals surface area contributed by atoms with Gasteiger partial charge in [-0.1, -0.05) is 19.9 Å². The first-order valence-electron chi connectivity index (χ1n) is 6.57. The first-order chi connectivity index (χ1) is 8.59. The molecule has 0 bridgehead atoms. The summed E-state index contributed by atoms with van der Waals surface area (Å²) in [5.74, 6) is 0.187. The zero-order valence-electron chi connectivity index (χ0n) is 12.0. The summed E-state index contributed by atoms with van der Waals surface area (Å²) in [4.78, 5) is 15.6. The molecule has 0 aliphatic rings. The van der Waals surface area contributed by atoms with Crippen LogP contribution in [0.4, 0.5) is 0 Å². The van der Waals surface area contributed by atoms with Gasteiger partial charge in [-0.25, -0.2) is 0 Å². The molecule has 1 aromatic rings. The number of carbonyl (C=O) groups is 1. The molecule has 5 heteroatoms. The van der Waals surface area contributed by atoms with E-state index in [0.717, 1.165) is 25.8 Å². The first-order valence-corrected chi connectivity index (χ1v) is 7.45. The largest absolute Gasteiger partial charge is 0.345 e. The van der Waals surface area contributed by atoms with Crippen molar-refractivity contribution in [1.82, 2.24) is 4.90 Å². The van der Waals surface area contributed by atoms with Crippen LogP contribution in [0.25, 0.3) is 0 Å². The van der Waals surface area contributed by atoms with Crippen molar-refractivity contribution in [2.45, 2.75) is 33.1 Å². The predicted octanol–water partition coefficient (Wildman–Crippen LogP) is 2.94. The Hall–Kier alpha value is -0.580. The van der Waals surface area contributed by atoms with Crippen LogP contribution in [0.1, 0.15) is 31.6 Å². The normalized spacial score (nSPS) is 10.9. The molecular weight excluding hydrogens is 280 g/mol. The van der Waals surface area contributed by atoms with Gasteiger partial charge in [-0.05, 0) is 30.7 Å². The molecule has 1 aromatic heterocycles. The summed E-state index contributed by atoms with van der Waals surface area (Å²) in [6.07, 6.45) is 2.54. The van der Waals surface area contributed by atoms with Crippen LogP contribution in [0, 0.1) is 5.41 Å². The molecule has 1 heterocycles. The standard InChI is InChI=1S/C14H24N2OS.ClH/c1-4-14(5-2,11-15)13(17)16(3)9-8-12-7-6-10-18-12;/h6-7,10H,4-5,8-9,11,15H2,1-3H3;1H. The maximum atomic E-state index is 12.5. The SMILES string of the molecule is CCC(CC)(CN)C(=O)N(C)CCc1cccs1.Cl. The van der Waals surface area contributed by atoms with Crippen molar-refractivity contribution >= 4 is 29.7 Å². The molecule has 3 nitrogen and oxygen atoms in total. The van der Waals surface area contributed by atoms with E-state index in [1.807, 2.05) is 31.9 Å². The van der Waals surface area contributed by atoms with Gasteiger partial charge in [0.25, 0.3) is 0 Å². The molecule has 0 spiro atoms. The molecule has 0 aliphatic heterocycles. The van der Waals surface area contributed by atoms with E-state index < -0.39 is 0 Å². The van der Waals surface area contributed by atoms with Gasteiger partial charge in [0.2, 0.25) is 5.91 Å². The van der Waals surface area contributed by atoms with Crippen LogP contribution in [0.5, 0.6) is 0 Å². The number of likely N-dealkylation sites (N-methyl/N-ethyl adjacent to an activating group) is 1. The number of hydrogen-bond acceptors (Lipinski definition) is 3. The number of thiophene rings is 1. The van der Waals surface area contributed by atoms with Crippen LogP contribution in [0.2, 0.25) is 0 Å². The van der Waals surface area contributed by atoms with Gasteiger partial charge in [-0.3, -0.25) is 4.79 Å². The Morgan fingerprint density at radius 3 is 2.47 bits per heavy atom.